The second-order valence-corrected chi connectivity index (χ2v) is 6.23. The van der Waals surface area contributed by atoms with Gasteiger partial charge in [0.1, 0.15) is 0 Å². The first-order valence-electron chi connectivity index (χ1n) is 6.33. The molecule has 0 aliphatic rings. The lowest BCUT2D eigenvalue weighted by molar-refractivity contribution is 0.594. The summed E-state index contributed by atoms with van der Waals surface area (Å²) in [7, 11) is -3.20. The van der Waals surface area contributed by atoms with Gasteiger partial charge in [-0.2, -0.15) is 0 Å². The summed E-state index contributed by atoms with van der Waals surface area (Å²) in [5, 5.41) is 0. The third-order valence-electron chi connectivity index (χ3n) is 2.79. The summed E-state index contributed by atoms with van der Waals surface area (Å²) in [4.78, 5) is 2.42. The van der Waals surface area contributed by atoms with Gasteiger partial charge in [-0.3, -0.25) is 0 Å². The van der Waals surface area contributed by atoms with E-state index in [1.54, 1.807) is 12.1 Å². The fraction of sp³-hybridized carbons (Fsp3) is 0.538. The molecular formula is C13H22N2O2S. The van der Waals surface area contributed by atoms with Crippen LogP contribution in [0.1, 0.15) is 20.3 Å². The van der Waals surface area contributed by atoms with E-state index in [1.807, 2.05) is 30.9 Å². The largest absolute Gasteiger partial charge is 0.369 e. The van der Waals surface area contributed by atoms with Crippen LogP contribution in [0.25, 0.3) is 0 Å². The first kappa shape index (κ1) is 15.0. The molecule has 0 saturated carbocycles. The molecule has 0 bridgehead atoms. The molecule has 1 aromatic rings. The van der Waals surface area contributed by atoms with Gasteiger partial charge in [-0.1, -0.05) is 19.1 Å². The van der Waals surface area contributed by atoms with Crippen LogP contribution in [0.3, 0.4) is 0 Å². The van der Waals surface area contributed by atoms with Gasteiger partial charge in [-0.15, -0.1) is 0 Å². The Kier molecular flexibility index (Phi) is 5.62. The number of nitrogens with zero attached hydrogens (tertiary/aromatic N) is 1. The summed E-state index contributed by atoms with van der Waals surface area (Å²) in [5.41, 5.74) is 6.33. The van der Waals surface area contributed by atoms with E-state index in [2.05, 4.69) is 0 Å². The molecule has 0 amide bonds. The molecule has 0 aliphatic heterocycles. The Labute approximate surface area is 110 Å². The smallest absolute Gasteiger partial charge is 0.180 e. The van der Waals surface area contributed by atoms with Crippen molar-refractivity contribution in [1.82, 2.24) is 0 Å². The Morgan fingerprint density at radius 2 is 1.89 bits per heavy atom. The van der Waals surface area contributed by atoms with Gasteiger partial charge in [0.25, 0.3) is 0 Å². The molecule has 0 unspecified atom stereocenters. The zero-order valence-electron chi connectivity index (χ0n) is 11.1. The van der Waals surface area contributed by atoms with Crippen molar-refractivity contribution in [2.24, 2.45) is 5.73 Å². The van der Waals surface area contributed by atoms with Gasteiger partial charge in [-0.05, 0) is 25.5 Å². The lowest BCUT2D eigenvalue weighted by Gasteiger charge is -2.24. The minimum atomic E-state index is -3.20. The maximum atomic E-state index is 12.2. The number of likely N-dealkylation sites (N-methyl/N-ethyl adjacent to an activating group) is 1. The van der Waals surface area contributed by atoms with E-state index in [-0.39, 0.29) is 5.75 Å². The van der Waals surface area contributed by atoms with Crippen LogP contribution in [0.2, 0.25) is 0 Å². The second-order valence-electron chi connectivity index (χ2n) is 4.15. The van der Waals surface area contributed by atoms with Crippen molar-refractivity contribution < 1.29 is 8.42 Å². The molecule has 2 N–H and O–H groups in total. The average molecular weight is 270 g/mol. The Morgan fingerprint density at radius 3 is 2.44 bits per heavy atom. The summed E-state index contributed by atoms with van der Waals surface area (Å²) in [5.74, 6) is 0.185. The Morgan fingerprint density at radius 1 is 1.22 bits per heavy atom. The Hall–Kier alpha value is -1.07. The summed E-state index contributed by atoms with van der Waals surface area (Å²) in [6, 6.07) is 7.16. The molecule has 18 heavy (non-hydrogen) atoms. The van der Waals surface area contributed by atoms with E-state index < -0.39 is 9.84 Å². The quantitative estimate of drug-likeness (QED) is 0.818. The van der Waals surface area contributed by atoms with E-state index in [0.717, 1.165) is 12.2 Å². The molecule has 4 nitrogen and oxygen atoms in total. The van der Waals surface area contributed by atoms with Crippen molar-refractivity contribution in [3.8, 4) is 0 Å². The van der Waals surface area contributed by atoms with Gasteiger partial charge in [0.2, 0.25) is 0 Å². The van der Waals surface area contributed by atoms with Gasteiger partial charge >= 0.3 is 0 Å². The minimum absolute atomic E-state index is 0.185. The van der Waals surface area contributed by atoms with Crippen LogP contribution in [0.4, 0.5) is 5.69 Å². The standard InChI is InChI=1S/C13H22N2O2S/c1-3-11-18(16,17)13-8-6-5-7-12(13)15(4-2)10-9-14/h5-8H,3-4,9-11,14H2,1-2H3. The normalized spacial score (nSPS) is 11.5. The molecule has 102 valence electrons. The molecule has 0 aromatic heterocycles. The van der Waals surface area contributed by atoms with Crippen LogP contribution in [-0.2, 0) is 9.84 Å². The van der Waals surface area contributed by atoms with Gasteiger partial charge < -0.3 is 10.6 Å². The van der Waals surface area contributed by atoms with Crippen molar-refractivity contribution in [2.45, 2.75) is 25.2 Å². The van der Waals surface area contributed by atoms with E-state index in [4.69, 9.17) is 5.73 Å². The third-order valence-corrected chi connectivity index (χ3v) is 4.76. The third kappa shape index (κ3) is 3.46. The Balaban J connectivity index is 3.21. The van der Waals surface area contributed by atoms with Crippen molar-refractivity contribution in [3.63, 3.8) is 0 Å². The summed E-state index contributed by atoms with van der Waals surface area (Å²) >= 11 is 0. The Bertz CT molecular complexity index is 472. The summed E-state index contributed by atoms with van der Waals surface area (Å²) < 4.78 is 24.4. The van der Waals surface area contributed by atoms with Gasteiger partial charge in [0, 0.05) is 19.6 Å². The number of anilines is 1. The van der Waals surface area contributed by atoms with Crippen molar-refractivity contribution >= 4 is 15.5 Å². The van der Waals surface area contributed by atoms with E-state index >= 15 is 0 Å². The first-order chi connectivity index (χ1) is 8.56. The number of hydrogen-bond acceptors (Lipinski definition) is 4. The molecule has 0 saturated heterocycles. The molecule has 5 heteroatoms. The fourth-order valence-electron chi connectivity index (χ4n) is 1.96. The predicted molar refractivity (Wildman–Crippen MR) is 75.7 cm³/mol. The van der Waals surface area contributed by atoms with Crippen LogP contribution in [0.15, 0.2) is 29.2 Å². The summed E-state index contributed by atoms with van der Waals surface area (Å²) in [6.07, 6.45) is 0.625. The first-order valence-corrected chi connectivity index (χ1v) is 7.98. The van der Waals surface area contributed by atoms with E-state index in [0.29, 0.717) is 24.4 Å². The molecule has 0 atom stereocenters. The zero-order chi connectivity index (χ0) is 13.6. The zero-order valence-corrected chi connectivity index (χ0v) is 11.9. The van der Waals surface area contributed by atoms with Gasteiger partial charge in [-0.25, -0.2) is 8.42 Å². The number of benzene rings is 1. The minimum Gasteiger partial charge on any atom is -0.369 e. The van der Waals surface area contributed by atoms with Crippen LogP contribution in [0, 0.1) is 0 Å². The maximum absolute atomic E-state index is 12.2. The SMILES string of the molecule is CCCS(=O)(=O)c1ccccc1N(CC)CCN. The number of sulfone groups is 1. The molecule has 0 radical (unpaired) electrons. The monoisotopic (exact) mass is 270 g/mol. The highest BCUT2D eigenvalue weighted by Crippen LogP contribution is 2.26. The number of rotatable bonds is 7. The van der Waals surface area contributed by atoms with E-state index in [1.165, 1.54) is 0 Å². The highest BCUT2D eigenvalue weighted by atomic mass is 32.2. The van der Waals surface area contributed by atoms with Gasteiger partial charge in [0.05, 0.1) is 16.3 Å². The molecule has 0 spiro atoms. The van der Waals surface area contributed by atoms with E-state index in [9.17, 15) is 8.42 Å². The molecule has 0 fully saturated rings. The van der Waals surface area contributed by atoms with Crippen LogP contribution < -0.4 is 10.6 Å². The summed E-state index contributed by atoms with van der Waals surface area (Å²) in [6.45, 7) is 5.79. The molecule has 1 rings (SSSR count). The highest BCUT2D eigenvalue weighted by Gasteiger charge is 2.19. The lowest BCUT2D eigenvalue weighted by atomic mass is 10.3. The van der Waals surface area contributed by atoms with Crippen molar-refractivity contribution in [1.29, 1.82) is 0 Å². The predicted octanol–water partition coefficient (Wildman–Crippen LogP) is 1.66. The number of para-hydroxylation sites is 1. The fourth-order valence-corrected chi connectivity index (χ4v) is 3.52. The van der Waals surface area contributed by atoms with Crippen LogP contribution in [0.5, 0.6) is 0 Å². The lowest BCUT2D eigenvalue weighted by Crippen LogP contribution is -2.30. The van der Waals surface area contributed by atoms with Crippen molar-refractivity contribution in [3.05, 3.63) is 24.3 Å². The molecule has 0 aliphatic carbocycles. The molecule has 1 aromatic carbocycles. The number of nitrogens with two attached hydrogens (primary N) is 1. The maximum Gasteiger partial charge on any atom is 0.180 e. The van der Waals surface area contributed by atoms with Crippen molar-refractivity contribution in [2.75, 3.05) is 30.3 Å². The highest BCUT2D eigenvalue weighted by molar-refractivity contribution is 7.91. The molecule has 0 heterocycles. The van der Waals surface area contributed by atoms with Crippen LogP contribution >= 0.6 is 0 Å². The van der Waals surface area contributed by atoms with Crippen LogP contribution in [-0.4, -0.2) is 33.8 Å². The topological polar surface area (TPSA) is 63.4 Å². The average Bonchev–Trinajstić information content (AvgIpc) is 2.36. The number of hydrogen-bond donors (Lipinski definition) is 1. The molecular weight excluding hydrogens is 248 g/mol. The van der Waals surface area contributed by atoms with Gasteiger partial charge in [0.15, 0.2) is 9.84 Å². The second kappa shape index (κ2) is 6.75.